The molecule has 0 aromatic heterocycles. The van der Waals surface area contributed by atoms with Crippen LogP contribution < -0.4 is 0 Å². The quantitative estimate of drug-likeness (QED) is 0.185. The SMILES string of the molecule is CCC(C(=O)O)C1CCC(C)C(C(C)C(O)C(C)C(=O)C(CC)C2OC3(CCCC4(CCC(C)(C5CCC(O)(CC)C(C)O5)O4)O3)C(C)CC2C)O1. The first kappa shape index (κ1) is 42.0. The first-order chi connectivity index (χ1) is 24.4. The molecule has 10 nitrogen and oxygen atoms in total. The molecule has 0 aromatic carbocycles. The van der Waals surface area contributed by atoms with E-state index < -0.39 is 58.7 Å². The Morgan fingerprint density at radius 2 is 1.52 bits per heavy atom. The zero-order chi connectivity index (χ0) is 38.4. The highest BCUT2D eigenvalue weighted by Gasteiger charge is 2.61. The van der Waals surface area contributed by atoms with Gasteiger partial charge in [0.05, 0.1) is 53.7 Å². The van der Waals surface area contributed by atoms with Crippen LogP contribution in [0.5, 0.6) is 0 Å². The molecule has 0 saturated carbocycles. The number of carboxylic acids is 1. The van der Waals surface area contributed by atoms with E-state index in [2.05, 4.69) is 27.7 Å². The second-order valence-electron chi connectivity index (χ2n) is 18.2. The molecule has 300 valence electrons. The van der Waals surface area contributed by atoms with Crippen LogP contribution in [0.4, 0.5) is 0 Å². The molecular weight excluding hydrogens is 664 g/mol. The van der Waals surface area contributed by atoms with Gasteiger partial charge in [-0.2, -0.15) is 0 Å². The van der Waals surface area contributed by atoms with E-state index in [4.69, 9.17) is 23.7 Å². The number of aliphatic carboxylic acids is 1. The van der Waals surface area contributed by atoms with Crippen molar-refractivity contribution < 1.29 is 48.6 Å². The molecule has 5 saturated heterocycles. The minimum atomic E-state index is -0.943. The minimum Gasteiger partial charge on any atom is -0.481 e. The molecule has 5 heterocycles. The van der Waals surface area contributed by atoms with Crippen molar-refractivity contribution in [1.29, 1.82) is 0 Å². The number of aliphatic hydroxyl groups is 2. The van der Waals surface area contributed by atoms with Crippen LogP contribution in [0.3, 0.4) is 0 Å². The van der Waals surface area contributed by atoms with Gasteiger partial charge in [0.25, 0.3) is 0 Å². The van der Waals surface area contributed by atoms with E-state index in [0.717, 1.165) is 51.4 Å². The van der Waals surface area contributed by atoms with E-state index in [1.807, 2.05) is 41.5 Å². The number of hydrogen-bond donors (Lipinski definition) is 3. The van der Waals surface area contributed by atoms with E-state index in [-0.39, 0.29) is 53.9 Å². The Morgan fingerprint density at radius 1 is 0.827 bits per heavy atom. The van der Waals surface area contributed by atoms with Gasteiger partial charge >= 0.3 is 5.97 Å². The van der Waals surface area contributed by atoms with Gasteiger partial charge in [0.2, 0.25) is 0 Å². The fourth-order valence-electron chi connectivity index (χ4n) is 10.9. The average Bonchev–Trinajstić information content (AvgIpc) is 3.43. The van der Waals surface area contributed by atoms with E-state index in [1.54, 1.807) is 0 Å². The molecule has 0 radical (unpaired) electrons. The summed E-state index contributed by atoms with van der Waals surface area (Å²) >= 11 is 0. The summed E-state index contributed by atoms with van der Waals surface area (Å²) in [5.74, 6) is -4.18. The fraction of sp³-hybridized carbons (Fsp3) is 0.952. The molecule has 0 aliphatic carbocycles. The third kappa shape index (κ3) is 7.92. The molecule has 5 aliphatic heterocycles. The van der Waals surface area contributed by atoms with Crippen LogP contribution in [-0.4, -0.2) is 86.5 Å². The number of Topliss-reactive ketones (excluding diaryl/α,β-unsaturated/α-hetero) is 1. The Bertz CT molecular complexity index is 1250. The molecule has 3 N–H and O–H groups in total. The number of carbonyl (C=O) groups is 2. The van der Waals surface area contributed by atoms with Crippen LogP contribution in [-0.2, 0) is 33.3 Å². The summed E-state index contributed by atoms with van der Waals surface area (Å²) in [5.41, 5.74) is -1.35. The number of carboxylic acid groups (broad SMARTS) is 1. The van der Waals surface area contributed by atoms with Crippen molar-refractivity contribution >= 4 is 11.8 Å². The lowest BCUT2D eigenvalue weighted by molar-refractivity contribution is -0.424. The zero-order valence-corrected chi connectivity index (χ0v) is 33.9. The van der Waals surface area contributed by atoms with Crippen LogP contribution in [0, 0.1) is 41.4 Å². The van der Waals surface area contributed by atoms with E-state index >= 15 is 0 Å². The van der Waals surface area contributed by atoms with E-state index in [9.17, 15) is 24.9 Å². The fourth-order valence-corrected chi connectivity index (χ4v) is 10.9. The van der Waals surface area contributed by atoms with Crippen molar-refractivity contribution in [3.05, 3.63) is 0 Å². The van der Waals surface area contributed by atoms with Gasteiger partial charge in [-0.05, 0) is 89.9 Å². The summed E-state index contributed by atoms with van der Waals surface area (Å²) in [5, 5.41) is 32.6. The van der Waals surface area contributed by atoms with Crippen molar-refractivity contribution in [1.82, 2.24) is 0 Å². The van der Waals surface area contributed by atoms with Crippen molar-refractivity contribution in [2.45, 2.75) is 212 Å². The maximum atomic E-state index is 14.4. The van der Waals surface area contributed by atoms with Crippen LogP contribution in [0.2, 0.25) is 0 Å². The number of rotatable bonds is 12. The van der Waals surface area contributed by atoms with Crippen LogP contribution >= 0.6 is 0 Å². The second-order valence-corrected chi connectivity index (χ2v) is 18.2. The number of ketones is 1. The van der Waals surface area contributed by atoms with Crippen LogP contribution in [0.25, 0.3) is 0 Å². The number of ether oxygens (including phenoxy) is 5. The van der Waals surface area contributed by atoms with Gasteiger partial charge in [-0.15, -0.1) is 0 Å². The third-order valence-electron chi connectivity index (χ3n) is 14.7. The Labute approximate surface area is 313 Å². The van der Waals surface area contributed by atoms with Gasteiger partial charge in [0, 0.05) is 42.9 Å². The predicted octanol–water partition coefficient (Wildman–Crippen LogP) is 7.44. The van der Waals surface area contributed by atoms with Crippen molar-refractivity contribution in [3.8, 4) is 0 Å². The molecule has 52 heavy (non-hydrogen) atoms. The Kier molecular flexibility index (Phi) is 13.0. The van der Waals surface area contributed by atoms with Gasteiger partial charge in [-0.25, -0.2) is 0 Å². The second kappa shape index (κ2) is 16.1. The molecule has 5 aliphatic rings. The lowest BCUT2D eigenvalue weighted by atomic mass is 9.72. The van der Waals surface area contributed by atoms with Crippen molar-refractivity contribution in [2.75, 3.05) is 0 Å². The van der Waals surface area contributed by atoms with E-state index in [1.165, 1.54) is 0 Å². The van der Waals surface area contributed by atoms with Crippen LogP contribution in [0.1, 0.15) is 153 Å². The lowest BCUT2D eigenvalue weighted by Gasteiger charge is -2.55. The normalized spacial score (nSPS) is 45.7. The summed E-state index contributed by atoms with van der Waals surface area (Å²) < 4.78 is 34.1. The molecular formula is C42H72O10. The minimum absolute atomic E-state index is 0.00814. The van der Waals surface area contributed by atoms with Gasteiger partial charge in [-0.3, -0.25) is 9.59 Å². The summed E-state index contributed by atoms with van der Waals surface area (Å²) in [6.07, 6.45) is 6.95. The Balaban J connectivity index is 1.28. The maximum absolute atomic E-state index is 14.4. The summed E-state index contributed by atoms with van der Waals surface area (Å²) in [4.78, 5) is 26.4. The first-order valence-corrected chi connectivity index (χ1v) is 20.9. The molecule has 10 heteroatoms. The highest BCUT2D eigenvalue weighted by Crippen LogP contribution is 2.55. The van der Waals surface area contributed by atoms with Gasteiger partial charge in [-0.1, -0.05) is 55.4 Å². The zero-order valence-electron chi connectivity index (χ0n) is 33.9. The van der Waals surface area contributed by atoms with Crippen LogP contribution in [0.15, 0.2) is 0 Å². The maximum Gasteiger partial charge on any atom is 0.309 e. The third-order valence-corrected chi connectivity index (χ3v) is 14.7. The van der Waals surface area contributed by atoms with Gasteiger partial charge in [0.15, 0.2) is 11.6 Å². The van der Waals surface area contributed by atoms with E-state index in [0.29, 0.717) is 32.1 Å². The predicted molar refractivity (Wildman–Crippen MR) is 197 cm³/mol. The summed E-state index contributed by atoms with van der Waals surface area (Å²) in [6, 6.07) is 0. The van der Waals surface area contributed by atoms with Crippen molar-refractivity contribution in [2.24, 2.45) is 41.4 Å². The molecule has 17 unspecified atom stereocenters. The summed E-state index contributed by atoms with van der Waals surface area (Å²) in [7, 11) is 0. The van der Waals surface area contributed by atoms with Gasteiger partial charge in [0.1, 0.15) is 5.78 Å². The van der Waals surface area contributed by atoms with Crippen molar-refractivity contribution in [3.63, 3.8) is 0 Å². The molecule has 17 atom stereocenters. The lowest BCUT2D eigenvalue weighted by Crippen LogP contribution is -2.61. The first-order valence-electron chi connectivity index (χ1n) is 20.9. The Morgan fingerprint density at radius 3 is 2.13 bits per heavy atom. The highest BCUT2D eigenvalue weighted by molar-refractivity contribution is 5.84. The molecule has 5 fully saturated rings. The monoisotopic (exact) mass is 737 g/mol. The number of aliphatic hydroxyl groups excluding tert-OH is 1. The molecule has 0 amide bonds. The highest BCUT2D eigenvalue weighted by atomic mass is 16.8. The average molecular weight is 737 g/mol. The van der Waals surface area contributed by atoms with Gasteiger partial charge < -0.3 is 39.0 Å². The standard InChI is InChI=1S/C42H72O10/c1-11-30(38(45)46)32-16-15-24(4)36(49-32)28(8)34(43)27(7)35(44)31(12-2)37-25(5)23-26(6)42(50-37)19-14-18-41(52-42)22-21-39(10,51-41)33-17-20-40(47,13-3)29(9)48-33/h24-34,36-37,43,47H,11-23H2,1-10H3,(H,45,46). The molecule has 5 rings (SSSR count). The number of carbonyl (C=O) groups excluding carboxylic acids is 1. The summed E-state index contributed by atoms with van der Waals surface area (Å²) in [6.45, 7) is 20.2. The smallest absolute Gasteiger partial charge is 0.309 e. The Hall–Kier alpha value is -1.14. The topological polar surface area (TPSA) is 141 Å². The molecule has 2 spiro atoms. The molecule has 0 aromatic rings. The molecule has 0 bridgehead atoms. The number of hydrogen-bond acceptors (Lipinski definition) is 9. The largest absolute Gasteiger partial charge is 0.481 e.